The highest BCUT2D eigenvalue weighted by atomic mass is 32.2. The Bertz CT molecular complexity index is 522. The molecule has 0 aliphatic heterocycles. The number of methoxy groups -OCH3 is 1. The van der Waals surface area contributed by atoms with Crippen LogP contribution in [0.4, 0.5) is 5.69 Å². The van der Waals surface area contributed by atoms with Gasteiger partial charge >= 0.3 is 0 Å². The molecule has 0 spiro atoms. The number of hydrogen-bond acceptors (Lipinski definition) is 6. The summed E-state index contributed by atoms with van der Waals surface area (Å²) in [5, 5.41) is 16.8. The molecule has 0 unspecified atom stereocenters. The van der Waals surface area contributed by atoms with Crippen LogP contribution in [0, 0.1) is 10.1 Å². The second-order valence-corrected chi connectivity index (χ2v) is 5.04. The van der Waals surface area contributed by atoms with Gasteiger partial charge in [0.15, 0.2) is 0 Å². The first kappa shape index (κ1) is 17.3. The highest BCUT2D eigenvalue weighted by molar-refractivity contribution is 7.98. The van der Waals surface area contributed by atoms with Crippen LogP contribution in [-0.4, -0.2) is 44.3 Å². The standard InChI is InChI=1S/C13H19N3O4S/c1-14-5-4-6-15-13(17)9-7-12(21-3)11(20-2)8-10(9)16(18)19/h7-8,14H,4-6H2,1-3H3,(H,15,17). The smallest absolute Gasteiger partial charge is 0.285 e. The van der Waals surface area contributed by atoms with E-state index in [1.54, 1.807) is 0 Å². The fourth-order valence-electron chi connectivity index (χ4n) is 1.76. The minimum atomic E-state index is -0.574. The third-order valence-corrected chi connectivity index (χ3v) is 3.59. The van der Waals surface area contributed by atoms with E-state index >= 15 is 0 Å². The van der Waals surface area contributed by atoms with Crippen molar-refractivity contribution < 1.29 is 14.5 Å². The highest BCUT2D eigenvalue weighted by Crippen LogP contribution is 2.34. The molecule has 0 radical (unpaired) electrons. The van der Waals surface area contributed by atoms with Gasteiger partial charge in [0.05, 0.1) is 23.0 Å². The van der Waals surface area contributed by atoms with Crippen molar-refractivity contribution in [1.82, 2.24) is 10.6 Å². The topological polar surface area (TPSA) is 93.5 Å². The van der Waals surface area contributed by atoms with Gasteiger partial charge in [0.25, 0.3) is 11.6 Å². The number of amides is 1. The normalized spacial score (nSPS) is 10.2. The number of carbonyl (C=O) groups excluding carboxylic acids is 1. The second kappa shape index (κ2) is 8.48. The van der Waals surface area contributed by atoms with Gasteiger partial charge in [0, 0.05) is 6.54 Å². The molecule has 0 atom stereocenters. The summed E-state index contributed by atoms with van der Waals surface area (Å²) in [5.74, 6) is -0.0586. The number of nitrogens with zero attached hydrogens (tertiary/aromatic N) is 1. The summed E-state index contributed by atoms with van der Waals surface area (Å²) in [4.78, 5) is 23.3. The van der Waals surface area contributed by atoms with Crippen molar-refractivity contribution in [1.29, 1.82) is 0 Å². The molecule has 2 N–H and O–H groups in total. The molecule has 0 saturated heterocycles. The van der Waals surface area contributed by atoms with Crippen molar-refractivity contribution in [2.45, 2.75) is 11.3 Å². The molecular formula is C13H19N3O4S. The molecule has 0 heterocycles. The van der Waals surface area contributed by atoms with Gasteiger partial charge in [-0.05, 0) is 32.3 Å². The maximum atomic E-state index is 12.1. The number of hydrogen-bond donors (Lipinski definition) is 2. The fourth-order valence-corrected chi connectivity index (χ4v) is 2.34. The Morgan fingerprint density at radius 3 is 2.67 bits per heavy atom. The van der Waals surface area contributed by atoms with Gasteiger partial charge in [-0.15, -0.1) is 11.8 Å². The van der Waals surface area contributed by atoms with Gasteiger partial charge in [-0.3, -0.25) is 14.9 Å². The van der Waals surface area contributed by atoms with Crippen molar-refractivity contribution in [3.8, 4) is 5.75 Å². The Morgan fingerprint density at radius 1 is 1.43 bits per heavy atom. The Kier molecular flexibility index (Phi) is 6.97. The van der Waals surface area contributed by atoms with Crippen LogP contribution in [0.5, 0.6) is 5.75 Å². The number of thioether (sulfide) groups is 1. The van der Waals surface area contributed by atoms with Crippen molar-refractivity contribution >= 4 is 23.4 Å². The zero-order valence-corrected chi connectivity index (χ0v) is 13.1. The van der Waals surface area contributed by atoms with Gasteiger partial charge in [-0.1, -0.05) is 0 Å². The van der Waals surface area contributed by atoms with E-state index in [1.165, 1.54) is 31.0 Å². The highest BCUT2D eigenvalue weighted by Gasteiger charge is 2.23. The quantitative estimate of drug-likeness (QED) is 0.328. The SMILES string of the molecule is CNCCCNC(=O)c1cc(SC)c(OC)cc1[N+](=O)[O-]. The summed E-state index contributed by atoms with van der Waals surface area (Å²) in [6, 6.07) is 2.78. The average Bonchev–Trinajstić information content (AvgIpc) is 2.49. The molecule has 116 valence electrons. The number of ether oxygens (including phenoxy) is 1. The summed E-state index contributed by atoms with van der Waals surface area (Å²) < 4.78 is 5.11. The van der Waals surface area contributed by atoms with Crippen LogP contribution in [0.3, 0.4) is 0 Å². The third-order valence-electron chi connectivity index (χ3n) is 2.83. The minimum absolute atomic E-state index is 0.0506. The van der Waals surface area contributed by atoms with Gasteiger partial charge in [0.2, 0.25) is 0 Å². The van der Waals surface area contributed by atoms with Crippen LogP contribution < -0.4 is 15.4 Å². The molecule has 0 aliphatic carbocycles. The van der Waals surface area contributed by atoms with Gasteiger partial charge in [-0.2, -0.15) is 0 Å². The van der Waals surface area contributed by atoms with E-state index in [4.69, 9.17) is 4.74 Å². The zero-order valence-electron chi connectivity index (χ0n) is 12.3. The van der Waals surface area contributed by atoms with Crippen LogP contribution in [0.25, 0.3) is 0 Å². The number of nitro benzene ring substituents is 1. The largest absolute Gasteiger partial charge is 0.495 e. The van der Waals surface area contributed by atoms with E-state index in [-0.39, 0.29) is 11.3 Å². The van der Waals surface area contributed by atoms with E-state index in [9.17, 15) is 14.9 Å². The number of benzene rings is 1. The third kappa shape index (κ3) is 4.61. The molecule has 0 aliphatic rings. The van der Waals surface area contributed by atoms with Crippen LogP contribution in [0.1, 0.15) is 16.8 Å². The van der Waals surface area contributed by atoms with Crippen LogP contribution in [-0.2, 0) is 0 Å². The molecular weight excluding hydrogens is 294 g/mol. The fraction of sp³-hybridized carbons (Fsp3) is 0.462. The first-order valence-corrected chi connectivity index (χ1v) is 7.60. The monoisotopic (exact) mass is 313 g/mol. The molecule has 8 heteroatoms. The van der Waals surface area contributed by atoms with Crippen LogP contribution in [0.15, 0.2) is 17.0 Å². The van der Waals surface area contributed by atoms with E-state index in [2.05, 4.69) is 10.6 Å². The lowest BCUT2D eigenvalue weighted by molar-refractivity contribution is -0.385. The summed E-state index contributed by atoms with van der Waals surface area (Å²) in [7, 11) is 3.26. The number of nitro groups is 1. The maximum absolute atomic E-state index is 12.1. The predicted octanol–water partition coefficient (Wildman–Crippen LogP) is 1.66. The summed E-state index contributed by atoms with van der Waals surface area (Å²) in [6.07, 6.45) is 2.57. The molecule has 7 nitrogen and oxygen atoms in total. The molecule has 0 aromatic heterocycles. The molecule has 1 amide bonds. The predicted molar refractivity (Wildman–Crippen MR) is 82.3 cm³/mol. The van der Waals surface area contributed by atoms with Crippen molar-refractivity contribution in [3.05, 3.63) is 27.8 Å². The molecule has 0 saturated carbocycles. The van der Waals surface area contributed by atoms with Crippen molar-refractivity contribution in [2.24, 2.45) is 0 Å². The Hall–Kier alpha value is -1.80. The summed E-state index contributed by atoms with van der Waals surface area (Å²) >= 11 is 1.37. The Morgan fingerprint density at radius 2 is 2.14 bits per heavy atom. The van der Waals surface area contributed by atoms with Crippen molar-refractivity contribution in [2.75, 3.05) is 33.5 Å². The van der Waals surface area contributed by atoms with Gasteiger partial charge in [0.1, 0.15) is 11.3 Å². The molecule has 1 aromatic carbocycles. The molecule has 1 aromatic rings. The minimum Gasteiger partial charge on any atom is -0.495 e. The second-order valence-electron chi connectivity index (χ2n) is 4.19. The molecule has 21 heavy (non-hydrogen) atoms. The lowest BCUT2D eigenvalue weighted by Crippen LogP contribution is -2.27. The number of nitrogens with one attached hydrogen (secondary N) is 2. The molecule has 1 rings (SSSR count). The van der Waals surface area contributed by atoms with E-state index in [0.717, 1.165) is 13.0 Å². The van der Waals surface area contributed by atoms with E-state index in [0.29, 0.717) is 17.2 Å². The van der Waals surface area contributed by atoms with Crippen molar-refractivity contribution in [3.63, 3.8) is 0 Å². The summed E-state index contributed by atoms with van der Waals surface area (Å²) in [5.41, 5.74) is -0.203. The van der Waals surface area contributed by atoms with Crippen LogP contribution >= 0.6 is 11.8 Å². The molecule has 0 fully saturated rings. The zero-order chi connectivity index (χ0) is 15.8. The van der Waals surface area contributed by atoms with E-state index in [1.807, 2.05) is 13.3 Å². The summed E-state index contributed by atoms with van der Waals surface area (Å²) in [6.45, 7) is 1.22. The average molecular weight is 313 g/mol. The van der Waals surface area contributed by atoms with Gasteiger partial charge in [-0.25, -0.2) is 0 Å². The lowest BCUT2D eigenvalue weighted by Gasteiger charge is -2.10. The molecule has 0 bridgehead atoms. The maximum Gasteiger partial charge on any atom is 0.285 e. The lowest BCUT2D eigenvalue weighted by atomic mass is 10.1. The first-order chi connectivity index (χ1) is 10.0. The van der Waals surface area contributed by atoms with Crippen LogP contribution in [0.2, 0.25) is 0 Å². The van der Waals surface area contributed by atoms with E-state index < -0.39 is 10.8 Å². The Balaban J connectivity index is 3.03. The number of carbonyl (C=O) groups is 1. The Labute approximate surface area is 127 Å². The first-order valence-electron chi connectivity index (χ1n) is 6.38. The number of rotatable bonds is 8. The van der Waals surface area contributed by atoms with Gasteiger partial charge < -0.3 is 15.4 Å².